The summed E-state index contributed by atoms with van der Waals surface area (Å²) < 4.78 is 2.08. The minimum absolute atomic E-state index is 0.359. The predicted octanol–water partition coefficient (Wildman–Crippen LogP) is 3.99. The molecule has 4 nitrogen and oxygen atoms in total. The highest BCUT2D eigenvalue weighted by atomic mass is 32.2. The average molecular weight is 302 g/mol. The van der Waals surface area contributed by atoms with Gasteiger partial charge in [0.2, 0.25) is 0 Å². The highest BCUT2D eigenvalue weighted by Gasteiger charge is 2.17. The zero-order valence-electron chi connectivity index (χ0n) is 11.7. The van der Waals surface area contributed by atoms with Crippen LogP contribution in [-0.2, 0) is 5.75 Å². The van der Waals surface area contributed by atoms with E-state index in [9.17, 15) is 9.90 Å². The Morgan fingerprint density at radius 2 is 2.05 bits per heavy atom. The summed E-state index contributed by atoms with van der Waals surface area (Å²) in [5, 5.41) is 13.8. The lowest BCUT2D eigenvalue weighted by Crippen LogP contribution is -2.05. The van der Waals surface area contributed by atoms with Crippen LogP contribution in [0.3, 0.4) is 0 Å². The van der Waals surface area contributed by atoms with E-state index in [4.69, 9.17) is 0 Å². The number of nitrogens with zero attached hydrogens (tertiary/aromatic N) is 2. The summed E-state index contributed by atoms with van der Waals surface area (Å²) in [6.07, 6.45) is 7.07. The Hall–Kier alpha value is -1.75. The molecule has 5 heteroatoms. The van der Waals surface area contributed by atoms with E-state index in [2.05, 4.69) is 16.0 Å². The van der Waals surface area contributed by atoms with Crippen molar-refractivity contribution in [3.8, 4) is 0 Å². The molecule has 110 valence electrons. The summed E-state index contributed by atoms with van der Waals surface area (Å²) in [4.78, 5) is 12.0. The van der Waals surface area contributed by atoms with Crippen LogP contribution < -0.4 is 0 Å². The quantitative estimate of drug-likeness (QED) is 0.849. The van der Waals surface area contributed by atoms with Crippen LogP contribution in [-0.4, -0.2) is 20.9 Å². The van der Waals surface area contributed by atoms with E-state index < -0.39 is 5.97 Å². The summed E-state index contributed by atoms with van der Waals surface area (Å²) >= 11 is 1.53. The first-order chi connectivity index (χ1) is 10.2. The third kappa shape index (κ3) is 3.29. The van der Waals surface area contributed by atoms with Gasteiger partial charge in [-0.2, -0.15) is 5.10 Å². The van der Waals surface area contributed by atoms with Crippen molar-refractivity contribution in [3.63, 3.8) is 0 Å². The van der Waals surface area contributed by atoms with Crippen molar-refractivity contribution < 1.29 is 9.90 Å². The molecule has 1 aliphatic rings. The van der Waals surface area contributed by atoms with Gasteiger partial charge in [0.1, 0.15) is 0 Å². The van der Waals surface area contributed by atoms with E-state index in [0.717, 1.165) is 10.6 Å². The van der Waals surface area contributed by atoms with Crippen molar-refractivity contribution in [2.45, 2.75) is 42.4 Å². The van der Waals surface area contributed by atoms with Crippen LogP contribution >= 0.6 is 11.8 Å². The lowest BCUT2D eigenvalue weighted by atomic mass is 10.2. The Labute approximate surface area is 128 Å². The molecule has 0 radical (unpaired) electrons. The molecule has 0 atom stereocenters. The van der Waals surface area contributed by atoms with Crippen LogP contribution in [0, 0.1) is 0 Å². The van der Waals surface area contributed by atoms with Crippen LogP contribution in [0.15, 0.2) is 41.4 Å². The topological polar surface area (TPSA) is 55.1 Å². The molecule has 1 aliphatic carbocycles. The number of hydrogen-bond acceptors (Lipinski definition) is 3. The number of aromatic nitrogens is 2. The first-order valence-corrected chi connectivity index (χ1v) is 8.22. The summed E-state index contributed by atoms with van der Waals surface area (Å²) in [5.74, 6) is -0.182. The zero-order valence-corrected chi connectivity index (χ0v) is 12.6. The van der Waals surface area contributed by atoms with Crippen molar-refractivity contribution in [1.29, 1.82) is 0 Å². The van der Waals surface area contributed by atoms with Crippen molar-refractivity contribution in [2.24, 2.45) is 0 Å². The maximum atomic E-state index is 11.2. The smallest absolute Gasteiger partial charge is 0.336 e. The normalized spacial score (nSPS) is 15.4. The molecule has 1 saturated carbocycles. The number of rotatable bonds is 5. The average Bonchev–Trinajstić information content (AvgIpc) is 3.16. The van der Waals surface area contributed by atoms with Gasteiger partial charge >= 0.3 is 5.97 Å². The number of hydrogen-bond donors (Lipinski definition) is 1. The molecule has 1 aromatic carbocycles. The van der Waals surface area contributed by atoms with Gasteiger partial charge < -0.3 is 5.11 Å². The Kier molecular flexibility index (Phi) is 4.29. The van der Waals surface area contributed by atoms with E-state index in [-0.39, 0.29) is 0 Å². The first kappa shape index (κ1) is 14.2. The van der Waals surface area contributed by atoms with E-state index in [1.165, 1.54) is 37.4 Å². The van der Waals surface area contributed by atoms with E-state index in [0.29, 0.717) is 17.4 Å². The van der Waals surface area contributed by atoms with Gasteiger partial charge in [0.05, 0.1) is 17.3 Å². The number of carboxylic acids is 1. The highest BCUT2D eigenvalue weighted by molar-refractivity contribution is 7.98. The molecule has 0 saturated heterocycles. The number of carbonyl (C=O) groups is 1. The first-order valence-electron chi connectivity index (χ1n) is 7.23. The predicted molar refractivity (Wildman–Crippen MR) is 82.7 cm³/mol. The van der Waals surface area contributed by atoms with Crippen molar-refractivity contribution in [2.75, 3.05) is 0 Å². The van der Waals surface area contributed by atoms with Gasteiger partial charge in [-0.15, -0.1) is 11.8 Å². The second-order valence-electron chi connectivity index (χ2n) is 5.32. The van der Waals surface area contributed by atoms with E-state index >= 15 is 0 Å². The molecule has 3 rings (SSSR count). The Morgan fingerprint density at radius 1 is 1.29 bits per heavy atom. The van der Waals surface area contributed by atoms with Gasteiger partial charge in [-0.25, -0.2) is 4.79 Å². The molecule has 0 unspecified atom stereocenters. The highest BCUT2D eigenvalue weighted by Crippen LogP contribution is 2.30. The minimum Gasteiger partial charge on any atom is -0.478 e. The van der Waals surface area contributed by atoms with Crippen molar-refractivity contribution in [3.05, 3.63) is 47.8 Å². The summed E-state index contributed by atoms with van der Waals surface area (Å²) in [5.41, 5.74) is 1.37. The second-order valence-corrected chi connectivity index (χ2v) is 6.33. The summed E-state index contributed by atoms with van der Waals surface area (Å²) in [6.45, 7) is 0. The Bertz CT molecular complexity index is 633. The van der Waals surface area contributed by atoms with Crippen LogP contribution in [0.1, 0.15) is 47.8 Å². The van der Waals surface area contributed by atoms with Gasteiger partial charge in [0.25, 0.3) is 0 Å². The van der Waals surface area contributed by atoms with Crippen molar-refractivity contribution in [1.82, 2.24) is 9.78 Å². The molecule has 21 heavy (non-hydrogen) atoms. The molecule has 1 fully saturated rings. The van der Waals surface area contributed by atoms with Crippen LogP contribution in [0.25, 0.3) is 0 Å². The van der Waals surface area contributed by atoms with E-state index in [1.54, 1.807) is 12.1 Å². The fraction of sp³-hybridized carbons (Fsp3) is 0.375. The van der Waals surface area contributed by atoms with Gasteiger partial charge in [-0.3, -0.25) is 4.68 Å². The molecule has 0 amide bonds. The number of aromatic carboxylic acids is 1. The van der Waals surface area contributed by atoms with E-state index in [1.807, 2.05) is 18.2 Å². The maximum absolute atomic E-state index is 11.2. The van der Waals surface area contributed by atoms with Gasteiger partial charge in [-0.1, -0.05) is 25.0 Å². The number of carboxylic acid groups (broad SMARTS) is 1. The monoisotopic (exact) mass is 302 g/mol. The molecule has 1 heterocycles. The number of benzene rings is 1. The molecule has 0 spiro atoms. The van der Waals surface area contributed by atoms with Crippen LogP contribution in [0.2, 0.25) is 0 Å². The minimum atomic E-state index is -0.880. The zero-order chi connectivity index (χ0) is 14.7. The summed E-state index contributed by atoms with van der Waals surface area (Å²) in [6, 6.07) is 9.70. The SMILES string of the molecule is O=C(O)c1ccccc1SCc1ccn(C2CCCC2)n1. The molecule has 0 aliphatic heterocycles. The third-order valence-electron chi connectivity index (χ3n) is 3.86. The Balaban J connectivity index is 1.66. The van der Waals surface area contributed by atoms with Crippen LogP contribution in [0.4, 0.5) is 0 Å². The lowest BCUT2D eigenvalue weighted by Gasteiger charge is -2.09. The molecule has 0 bridgehead atoms. The second kappa shape index (κ2) is 6.35. The molecule has 1 N–H and O–H groups in total. The van der Waals surface area contributed by atoms with Crippen molar-refractivity contribution >= 4 is 17.7 Å². The maximum Gasteiger partial charge on any atom is 0.336 e. The molecular formula is C16H18N2O2S. The number of thioether (sulfide) groups is 1. The third-order valence-corrected chi connectivity index (χ3v) is 4.96. The van der Waals surface area contributed by atoms with Gasteiger partial charge in [0, 0.05) is 16.8 Å². The van der Waals surface area contributed by atoms with Gasteiger partial charge in [-0.05, 0) is 31.0 Å². The standard InChI is InChI=1S/C16H18N2O2S/c19-16(20)14-7-3-4-8-15(14)21-11-12-9-10-18(17-12)13-5-1-2-6-13/h3-4,7-10,13H,1-2,5-6,11H2,(H,19,20). The molecular weight excluding hydrogens is 284 g/mol. The van der Waals surface area contributed by atoms with Crippen LogP contribution in [0.5, 0.6) is 0 Å². The fourth-order valence-electron chi connectivity index (χ4n) is 2.75. The molecule has 2 aromatic rings. The Morgan fingerprint density at radius 3 is 2.81 bits per heavy atom. The lowest BCUT2D eigenvalue weighted by molar-refractivity contribution is 0.0693. The summed E-state index contributed by atoms with van der Waals surface area (Å²) in [7, 11) is 0. The molecule has 1 aromatic heterocycles. The van der Waals surface area contributed by atoms with Gasteiger partial charge in [0.15, 0.2) is 0 Å². The largest absolute Gasteiger partial charge is 0.478 e. The fourth-order valence-corrected chi connectivity index (χ4v) is 3.69.